The van der Waals surface area contributed by atoms with Crippen LogP contribution in [0.15, 0.2) is 55.2 Å². The normalized spacial score (nSPS) is 27.8. The maximum Gasteiger partial charge on any atom is 0.475 e. The predicted molar refractivity (Wildman–Crippen MR) is 237 cm³/mol. The van der Waals surface area contributed by atoms with Crippen molar-refractivity contribution in [1.82, 2.24) is 29.5 Å². The van der Waals surface area contributed by atoms with Crippen molar-refractivity contribution in [3.8, 4) is 0 Å². The molecule has 0 spiro atoms. The molecule has 14 nitrogen and oxygen atoms in total. The van der Waals surface area contributed by atoms with Gasteiger partial charge >= 0.3 is 19.8 Å². The molecule has 0 bridgehead atoms. The molecular weight excluding hydrogens is 858 g/mol. The van der Waals surface area contributed by atoms with Crippen LogP contribution < -0.4 is 0 Å². The molecule has 358 valence electrons. The maximum atomic E-state index is 15.6. The summed E-state index contributed by atoms with van der Waals surface area (Å²) in [6.07, 6.45) is 20.1. The number of hydrogen-bond donors (Lipinski definition) is 0. The molecule has 1 aromatic carbocycles. The highest BCUT2D eigenvalue weighted by molar-refractivity contribution is 7.48. The third-order valence-electron chi connectivity index (χ3n) is 15.5. The van der Waals surface area contributed by atoms with Gasteiger partial charge in [0.1, 0.15) is 55.3 Å². The van der Waals surface area contributed by atoms with Crippen molar-refractivity contribution in [2.45, 2.75) is 150 Å². The first-order valence-corrected chi connectivity index (χ1v) is 25.3. The monoisotopic (exact) mass is 926 g/mol. The van der Waals surface area contributed by atoms with Crippen LogP contribution in [0.2, 0.25) is 0 Å². The lowest BCUT2D eigenvalue weighted by atomic mass is 9.47. The van der Waals surface area contributed by atoms with Crippen molar-refractivity contribution in [3.05, 3.63) is 72.4 Å². The average Bonchev–Trinajstić information content (AvgIpc) is 4.04. The summed E-state index contributed by atoms with van der Waals surface area (Å²) in [6, 6.07) is 2.88. The number of aromatic nitrogens is 6. The summed E-state index contributed by atoms with van der Waals surface area (Å²) >= 11 is 0. The van der Waals surface area contributed by atoms with Crippen LogP contribution in [0.5, 0.6) is 0 Å². The second-order valence-corrected chi connectivity index (χ2v) is 21.6. The zero-order valence-corrected chi connectivity index (χ0v) is 39.9. The molecule has 2 aromatic heterocycles. The molecule has 0 radical (unpaired) electrons. The highest BCUT2D eigenvalue weighted by Crippen LogP contribution is 2.67. The van der Waals surface area contributed by atoms with Gasteiger partial charge in [-0.2, -0.15) is 10.2 Å². The van der Waals surface area contributed by atoms with E-state index in [2.05, 4.69) is 60.9 Å². The van der Waals surface area contributed by atoms with E-state index in [1.54, 1.807) is 6.92 Å². The molecule has 3 fully saturated rings. The molecule has 3 saturated carbocycles. The third-order valence-corrected chi connectivity index (χ3v) is 17.1. The predicted octanol–water partition coefficient (Wildman–Crippen LogP) is 10.2. The Hall–Kier alpha value is -3.85. The first-order chi connectivity index (χ1) is 31.1. The Labute approximate surface area is 382 Å². The number of fused-ring (bicyclic) bond motifs is 5. The largest absolute Gasteiger partial charge is 0.475 e. The van der Waals surface area contributed by atoms with Gasteiger partial charge in [0.2, 0.25) is 0 Å². The van der Waals surface area contributed by atoms with E-state index in [0.717, 1.165) is 61.3 Å². The van der Waals surface area contributed by atoms with Crippen molar-refractivity contribution in [1.29, 1.82) is 0 Å². The molecule has 2 heterocycles. The zero-order valence-electron chi connectivity index (χ0n) is 39.0. The lowest BCUT2D eigenvalue weighted by Crippen LogP contribution is -2.51. The van der Waals surface area contributed by atoms with Gasteiger partial charge in [0.05, 0.1) is 39.1 Å². The van der Waals surface area contributed by atoms with Crippen LogP contribution in [-0.4, -0.2) is 67.4 Å². The number of allylic oxidation sites excluding steroid dienone is 1. The number of phosphoric acid groups is 1. The number of hydrogen-bond acceptors (Lipinski definition) is 12. The molecule has 65 heavy (non-hydrogen) atoms. The SMILES string of the molecule is CCOP(=O)(OCCOC(=O)CCC(=O)O[C@H]1CC[C@@]2(C)C(=CC[C@H]3[C@@H]4CC[C@H]([C@H](C)CCCC(C)C)[C@@]4(C)CC[C@@H]32)C1)OC(Cn1cncn1)(Cn1cncn1)c1ccc(F)cc1F. The van der Waals surface area contributed by atoms with Gasteiger partial charge < -0.3 is 9.47 Å². The average molecular weight is 927 g/mol. The van der Waals surface area contributed by atoms with Crippen molar-refractivity contribution in [2.24, 2.45) is 46.3 Å². The molecule has 17 heteroatoms. The summed E-state index contributed by atoms with van der Waals surface area (Å²) < 4.78 is 75.2. The number of esters is 2. The fraction of sp³-hybridized carbons (Fsp3) is 0.708. The molecule has 9 atom stereocenters. The number of carbonyl (C=O) groups excluding carboxylic acids is 2. The second kappa shape index (κ2) is 21.0. The van der Waals surface area contributed by atoms with Crippen LogP contribution in [0.25, 0.3) is 0 Å². The fourth-order valence-corrected chi connectivity index (χ4v) is 13.8. The topological polar surface area (TPSA) is 159 Å². The lowest BCUT2D eigenvalue weighted by Gasteiger charge is -2.58. The van der Waals surface area contributed by atoms with Crippen molar-refractivity contribution in [3.63, 3.8) is 0 Å². The Balaban J connectivity index is 0.895. The Kier molecular flexibility index (Phi) is 15.8. The standard InChI is InChI=1S/C48H69F2N6O8P/c1-7-61-65(59,64-48(27-55-31-51-29-53-55,28-56-32-52-30-54-56)42-14-12-36(49)26-43(42)50)62-24-23-60-44(57)17-18-45(58)63-37-19-21-46(5)35(25-37)11-13-38-40-16-15-39(34(4)10-8-9-33(2)3)47(40,6)22-20-41(38)46/h11-12,14,26,29-34,37-41H,7-10,13,15-25,27-28H2,1-6H3/t34-,37+,38+,39-,40+,41+,46+,47-,65?/m1/s1. The van der Waals surface area contributed by atoms with Gasteiger partial charge in [-0.05, 0) is 104 Å². The van der Waals surface area contributed by atoms with Crippen molar-refractivity contribution < 1.29 is 46.0 Å². The van der Waals surface area contributed by atoms with Crippen molar-refractivity contribution >= 4 is 19.8 Å². The van der Waals surface area contributed by atoms with E-state index in [1.165, 1.54) is 91.3 Å². The van der Waals surface area contributed by atoms with Gasteiger partial charge in [-0.3, -0.25) is 23.2 Å². The maximum absolute atomic E-state index is 15.6. The minimum atomic E-state index is -4.58. The summed E-state index contributed by atoms with van der Waals surface area (Å²) in [4.78, 5) is 33.8. The molecule has 0 saturated heterocycles. The minimum Gasteiger partial charge on any atom is -0.463 e. The number of rotatable bonds is 22. The summed E-state index contributed by atoms with van der Waals surface area (Å²) in [5.41, 5.74) is -0.112. The van der Waals surface area contributed by atoms with E-state index in [1.807, 2.05) is 0 Å². The molecule has 7 rings (SSSR count). The molecule has 0 aliphatic heterocycles. The van der Waals surface area contributed by atoms with Crippen LogP contribution in [0.1, 0.15) is 131 Å². The van der Waals surface area contributed by atoms with Gasteiger partial charge in [0.15, 0.2) is 0 Å². The van der Waals surface area contributed by atoms with Gasteiger partial charge in [0, 0.05) is 18.1 Å². The number of ether oxygens (including phenoxy) is 2. The van der Waals surface area contributed by atoms with E-state index in [-0.39, 0.29) is 56.2 Å². The van der Waals surface area contributed by atoms with E-state index in [4.69, 9.17) is 23.0 Å². The van der Waals surface area contributed by atoms with E-state index in [0.29, 0.717) is 17.4 Å². The summed E-state index contributed by atoms with van der Waals surface area (Å²) in [6.45, 7) is 12.4. The van der Waals surface area contributed by atoms with Gasteiger partial charge in [-0.15, -0.1) is 0 Å². The quantitative estimate of drug-likeness (QED) is 0.0407. The lowest BCUT2D eigenvalue weighted by molar-refractivity contribution is -0.155. The van der Waals surface area contributed by atoms with E-state index < -0.39 is 43.6 Å². The molecule has 4 aliphatic rings. The van der Waals surface area contributed by atoms with Crippen LogP contribution in [0.4, 0.5) is 8.78 Å². The Morgan fingerprint density at radius 2 is 1.63 bits per heavy atom. The smallest absolute Gasteiger partial charge is 0.463 e. The van der Waals surface area contributed by atoms with E-state index in [9.17, 15) is 18.5 Å². The molecule has 3 aromatic rings. The van der Waals surface area contributed by atoms with Crippen molar-refractivity contribution in [2.75, 3.05) is 19.8 Å². The van der Waals surface area contributed by atoms with Crippen LogP contribution in [-0.2, 0) is 55.9 Å². The Morgan fingerprint density at radius 1 is 0.908 bits per heavy atom. The first-order valence-electron chi connectivity index (χ1n) is 23.8. The molecule has 0 N–H and O–H groups in total. The molecule has 1 unspecified atom stereocenters. The summed E-state index contributed by atoms with van der Waals surface area (Å²) in [5.74, 6) is 1.60. The molecule has 4 aliphatic carbocycles. The number of phosphoric ester groups is 1. The van der Waals surface area contributed by atoms with Gasteiger partial charge in [-0.25, -0.2) is 32.7 Å². The molecular formula is C48H69F2N6O8P. The first kappa shape index (κ1) is 49.1. The highest BCUT2D eigenvalue weighted by atomic mass is 31.2. The van der Waals surface area contributed by atoms with Crippen LogP contribution in [0.3, 0.4) is 0 Å². The Morgan fingerprint density at radius 3 is 2.29 bits per heavy atom. The number of benzene rings is 1. The van der Waals surface area contributed by atoms with Crippen LogP contribution >= 0.6 is 7.82 Å². The third kappa shape index (κ3) is 11.3. The zero-order chi connectivity index (χ0) is 46.4. The second-order valence-electron chi connectivity index (χ2n) is 20.0. The summed E-state index contributed by atoms with van der Waals surface area (Å²) in [5, 5.41) is 8.23. The molecule has 0 amide bonds. The van der Waals surface area contributed by atoms with E-state index >= 15 is 4.39 Å². The Bertz CT molecular complexity index is 2100. The van der Waals surface area contributed by atoms with Crippen LogP contribution in [0, 0.1) is 58.0 Å². The minimum absolute atomic E-state index is 0.129. The number of carbonyl (C=O) groups is 2. The number of halogens is 2. The van der Waals surface area contributed by atoms with Gasteiger partial charge in [-0.1, -0.05) is 71.6 Å². The fourth-order valence-electron chi connectivity index (χ4n) is 12.4. The summed E-state index contributed by atoms with van der Waals surface area (Å²) in [7, 11) is -4.58. The highest BCUT2D eigenvalue weighted by Gasteiger charge is 2.59. The number of nitrogens with zero attached hydrogens (tertiary/aromatic N) is 6. The van der Waals surface area contributed by atoms with Gasteiger partial charge in [0.25, 0.3) is 0 Å².